The van der Waals surface area contributed by atoms with E-state index in [-0.39, 0.29) is 33.0 Å². The molecule has 0 fully saturated rings. The summed E-state index contributed by atoms with van der Waals surface area (Å²) in [5.74, 6) is -13.4. The van der Waals surface area contributed by atoms with Crippen LogP contribution in [0.5, 0.6) is 0 Å². The standard InChI is InChI=1S/C37H23F7N4O5S/c38-28-27(37(42,43)44)29(39)31(41)32(30(28)40)47-36(51)33(20-10-3-1-4-11-20)54-24-16-9-15-23(19-24)45-35(50)25(46-34(49)21-12-5-2-6-13-21)18-22-14-7-8-17-26(22)48(52)53/h1-19,33H,(H,45,50)(H,46,49)(H,47,51)/b25-18+. The third kappa shape index (κ3) is 8.92. The van der Waals surface area contributed by atoms with Gasteiger partial charge in [-0.05, 0) is 48.0 Å². The Balaban J connectivity index is 1.44. The molecule has 0 saturated carbocycles. The number of anilines is 2. The number of benzene rings is 5. The number of alkyl halides is 3. The highest BCUT2D eigenvalue weighted by atomic mass is 32.2. The minimum absolute atomic E-state index is 0.0114. The molecule has 0 saturated heterocycles. The van der Waals surface area contributed by atoms with Gasteiger partial charge < -0.3 is 16.0 Å². The second-order valence-corrected chi connectivity index (χ2v) is 12.3. The van der Waals surface area contributed by atoms with Gasteiger partial charge in [-0.3, -0.25) is 24.5 Å². The first-order valence-corrected chi connectivity index (χ1v) is 16.2. The van der Waals surface area contributed by atoms with Crippen molar-refractivity contribution < 1.29 is 50.0 Å². The minimum Gasteiger partial charge on any atom is -0.321 e. The van der Waals surface area contributed by atoms with Crippen LogP contribution in [0.3, 0.4) is 0 Å². The molecule has 0 radical (unpaired) electrons. The number of nitrogens with one attached hydrogen (secondary N) is 3. The highest BCUT2D eigenvalue weighted by Gasteiger charge is 2.43. The fourth-order valence-corrected chi connectivity index (χ4v) is 6.02. The summed E-state index contributed by atoms with van der Waals surface area (Å²) in [7, 11) is 0. The van der Waals surface area contributed by atoms with E-state index in [4.69, 9.17) is 0 Å². The number of amides is 3. The SMILES string of the molecule is O=C(Nc1cccc(SC(C(=O)Nc2c(F)c(F)c(C(F)(F)F)c(F)c2F)c2ccccc2)c1)/C(=C\c1ccccc1[N+](=O)[O-])NC(=O)c1ccccc1. The summed E-state index contributed by atoms with van der Waals surface area (Å²) in [6.07, 6.45) is -4.68. The van der Waals surface area contributed by atoms with E-state index in [1.54, 1.807) is 29.6 Å². The molecule has 9 nitrogen and oxygen atoms in total. The molecule has 1 atom stereocenters. The Labute approximate surface area is 305 Å². The number of carbonyl (C=O) groups is 3. The first-order chi connectivity index (χ1) is 25.6. The quantitative estimate of drug-likeness (QED) is 0.0307. The number of halogens is 7. The topological polar surface area (TPSA) is 130 Å². The molecule has 1 unspecified atom stereocenters. The maximum absolute atomic E-state index is 14.7. The van der Waals surface area contributed by atoms with Gasteiger partial charge in [0.15, 0.2) is 23.3 Å². The summed E-state index contributed by atoms with van der Waals surface area (Å²) >= 11 is 0.727. The zero-order chi connectivity index (χ0) is 39.2. The normalized spacial score (nSPS) is 12.1. The van der Waals surface area contributed by atoms with E-state index >= 15 is 0 Å². The van der Waals surface area contributed by atoms with Crippen LogP contribution in [0.2, 0.25) is 0 Å². The van der Waals surface area contributed by atoms with E-state index in [2.05, 4.69) is 10.6 Å². The van der Waals surface area contributed by atoms with Gasteiger partial charge in [0, 0.05) is 22.2 Å². The van der Waals surface area contributed by atoms with Crippen molar-refractivity contribution >= 4 is 52.6 Å². The molecular formula is C37H23F7N4O5S. The number of nitro groups is 1. The number of carbonyl (C=O) groups excluding carboxylic acids is 3. The van der Waals surface area contributed by atoms with Crippen molar-refractivity contribution in [3.63, 3.8) is 0 Å². The lowest BCUT2D eigenvalue weighted by Gasteiger charge is -2.19. The summed E-state index contributed by atoms with van der Waals surface area (Å²) < 4.78 is 97.3. The van der Waals surface area contributed by atoms with E-state index < -0.39 is 74.3 Å². The number of thioether (sulfide) groups is 1. The van der Waals surface area contributed by atoms with Crippen molar-refractivity contribution in [2.24, 2.45) is 0 Å². The number of para-hydroxylation sites is 1. The summed E-state index contributed by atoms with van der Waals surface area (Å²) in [6, 6.07) is 26.3. The lowest BCUT2D eigenvalue weighted by Crippen LogP contribution is -2.30. The lowest BCUT2D eigenvalue weighted by atomic mass is 10.1. The lowest BCUT2D eigenvalue weighted by molar-refractivity contribution is -0.385. The van der Waals surface area contributed by atoms with Crippen LogP contribution in [0.25, 0.3) is 6.08 Å². The van der Waals surface area contributed by atoms with Crippen molar-refractivity contribution in [2.75, 3.05) is 10.6 Å². The van der Waals surface area contributed by atoms with Gasteiger partial charge in [0.05, 0.1) is 10.5 Å². The Morgan fingerprint density at radius 3 is 1.94 bits per heavy atom. The Morgan fingerprint density at radius 1 is 0.741 bits per heavy atom. The van der Waals surface area contributed by atoms with Gasteiger partial charge >= 0.3 is 6.18 Å². The molecule has 0 bridgehead atoms. The first-order valence-electron chi connectivity index (χ1n) is 15.3. The number of nitro benzene ring substituents is 1. The third-order valence-corrected chi connectivity index (χ3v) is 8.69. The van der Waals surface area contributed by atoms with Crippen LogP contribution < -0.4 is 16.0 Å². The van der Waals surface area contributed by atoms with Gasteiger partial charge in [-0.15, -0.1) is 11.8 Å². The molecule has 5 aromatic rings. The van der Waals surface area contributed by atoms with Crippen LogP contribution in [0.4, 0.5) is 47.8 Å². The van der Waals surface area contributed by atoms with Crippen LogP contribution in [-0.2, 0) is 15.8 Å². The zero-order valence-corrected chi connectivity index (χ0v) is 27.9. The molecule has 0 aromatic heterocycles. The fourth-order valence-electron chi connectivity index (χ4n) is 4.94. The second-order valence-electron chi connectivity index (χ2n) is 11.1. The van der Waals surface area contributed by atoms with Gasteiger partial charge in [0.25, 0.3) is 17.5 Å². The summed E-state index contributed by atoms with van der Waals surface area (Å²) in [5.41, 5.74) is -4.90. The highest BCUT2D eigenvalue weighted by molar-refractivity contribution is 8.00. The van der Waals surface area contributed by atoms with Gasteiger partial charge in [0.2, 0.25) is 5.91 Å². The number of hydrogen-bond acceptors (Lipinski definition) is 6. The van der Waals surface area contributed by atoms with Crippen molar-refractivity contribution in [1.82, 2.24) is 5.32 Å². The highest BCUT2D eigenvalue weighted by Crippen LogP contribution is 2.41. The molecular weight excluding hydrogens is 745 g/mol. The van der Waals surface area contributed by atoms with Crippen LogP contribution in [-0.4, -0.2) is 22.6 Å². The summed E-state index contributed by atoms with van der Waals surface area (Å²) in [6.45, 7) is 0. The molecule has 0 heterocycles. The molecule has 5 aromatic carbocycles. The third-order valence-electron chi connectivity index (χ3n) is 7.44. The van der Waals surface area contributed by atoms with Crippen LogP contribution in [0.15, 0.2) is 120 Å². The van der Waals surface area contributed by atoms with E-state index in [9.17, 15) is 55.2 Å². The molecule has 0 aliphatic rings. The molecule has 5 rings (SSSR count). The zero-order valence-electron chi connectivity index (χ0n) is 27.1. The predicted octanol–water partition coefficient (Wildman–Crippen LogP) is 9.05. The monoisotopic (exact) mass is 768 g/mol. The number of nitrogens with zero attached hydrogens (tertiary/aromatic N) is 1. The number of rotatable bonds is 11. The van der Waals surface area contributed by atoms with Gasteiger partial charge in [-0.25, -0.2) is 17.6 Å². The van der Waals surface area contributed by atoms with Gasteiger partial charge in [-0.1, -0.05) is 66.7 Å². The Hall–Kier alpha value is -6.49. The fraction of sp³-hybridized carbons (Fsp3) is 0.0541. The first kappa shape index (κ1) is 38.7. The molecule has 0 aliphatic carbocycles. The van der Waals surface area contributed by atoms with E-state index in [1.807, 2.05) is 0 Å². The smallest absolute Gasteiger partial charge is 0.321 e. The molecule has 54 heavy (non-hydrogen) atoms. The van der Waals surface area contributed by atoms with Crippen LogP contribution in [0.1, 0.15) is 32.3 Å². The van der Waals surface area contributed by atoms with Gasteiger partial charge in [-0.2, -0.15) is 13.2 Å². The van der Waals surface area contributed by atoms with Crippen LogP contribution in [0, 0.1) is 33.4 Å². The maximum atomic E-state index is 14.7. The molecule has 3 N–H and O–H groups in total. The van der Waals surface area contributed by atoms with Crippen molar-refractivity contribution in [3.05, 3.63) is 171 Å². The Bertz CT molecular complexity index is 2240. The van der Waals surface area contributed by atoms with E-state index in [0.717, 1.165) is 17.8 Å². The van der Waals surface area contributed by atoms with E-state index in [1.165, 1.54) is 84.9 Å². The Kier molecular flexibility index (Phi) is 11.8. The average molecular weight is 769 g/mol. The summed E-state index contributed by atoms with van der Waals surface area (Å²) in [4.78, 5) is 51.3. The largest absolute Gasteiger partial charge is 0.422 e. The Morgan fingerprint density at radius 2 is 1.33 bits per heavy atom. The van der Waals surface area contributed by atoms with Crippen molar-refractivity contribution in [1.29, 1.82) is 0 Å². The second kappa shape index (κ2) is 16.5. The molecule has 0 spiro atoms. The predicted molar refractivity (Wildman–Crippen MR) is 185 cm³/mol. The van der Waals surface area contributed by atoms with Crippen molar-refractivity contribution in [3.8, 4) is 0 Å². The maximum Gasteiger partial charge on any atom is 0.422 e. The average Bonchev–Trinajstić information content (AvgIpc) is 3.15. The minimum atomic E-state index is -5.79. The van der Waals surface area contributed by atoms with Crippen molar-refractivity contribution in [2.45, 2.75) is 16.3 Å². The molecule has 17 heteroatoms. The molecule has 276 valence electrons. The van der Waals surface area contributed by atoms with E-state index in [0.29, 0.717) is 0 Å². The molecule has 3 amide bonds. The summed E-state index contributed by atoms with van der Waals surface area (Å²) in [5, 5.41) is 16.9. The number of hydrogen-bond donors (Lipinski definition) is 3. The van der Waals surface area contributed by atoms with Gasteiger partial charge in [0.1, 0.15) is 22.2 Å². The molecule has 0 aliphatic heterocycles. The van der Waals surface area contributed by atoms with Crippen LogP contribution >= 0.6 is 11.8 Å².